The molecule has 0 radical (unpaired) electrons. The van der Waals surface area contributed by atoms with Crippen molar-refractivity contribution in [2.45, 2.75) is 82.8 Å². The Morgan fingerprint density at radius 3 is 2.08 bits per heavy atom. The Kier molecular flexibility index (Phi) is 9.35. The van der Waals surface area contributed by atoms with Gasteiger partial charge in [-0.3, -0.25) is 9.69 Å². The standard InChI is InChI=1S/C18H33N3O.2ClH/c1-13(21-9-4-2-3-5-10-21)18(22)20-17-14-7-6-8-15(17)12-16(19)11-14;;/h13-17H,2-12,19H2,1H3,(H,20,22);2*1H. The van der Waals surface area contributed by atoms with E-state index in [1.165, 1.54) is 44.9 Å². The van der Waals surface area contributed by atoms with Gasteiger partial charge in [-0.15, -0.1) is 24.8 Å². The Labute approximate surface area is 159 Å². The first-order chi connectivity index (χ1) is 10.6. The lowest BCUT2D eigenvalue weighted by molar-refractivity contribution is -0.128. The molecule has 142 valence electrons. The monoisotopic (exact) mass is 379 g/mol. The first-order valence-corrected chi connectivity index (χ1v) is 9.45. The van der Waals surface area contributed by atoms with Crippen LogP contribution in [0.15, 0.2) is 0 Å². The number of rotatable bonds is 3. The normalized spacial score (nSPS) is 34.9. The average Bonchev–Trinajstić information content (AvgIpc) is 2.76. The van der Waals surface area contributed by atoms with Crippen molar-refractivity contribution in [3.8, 4) is 0 Å². The summed E-state index contributed by atoms with van der Waals surface area (Å²) in [5, 5.41) is 3.42. The van der Waals surface area contributed by atoms with E-state index in [2.05, 4.69) is 17.1 Å². The molecule has 2 bridgehead atoms. The molecule has 1 amide bonds. The van der Waals surface area contributed by atoms with Crippen LogP contribution in [0, 0.1) is 11.8 Å². The summed E-state index contributed by atoms with van der Waals surface area (Å²) >= 11 is 0. The van der Waals surface area contributed by atoms with Gasteiger partial charge in [0.2, 0.25) is 5.91 Å². The molecule has 3 fully saturated rings. The molecule has 3 atom stereocenters. The highest BCUT2D eigenvalue weighted by molar-refractivity contribution is 5.85. The third-order valence-electron chi connectivity index (χ3n) is 6.25. The summed E-state index contributed by atoms with van der Waals surface area (Å²) in [6, 6.07) is 0.761. The highest BCUT2D eigenvalue weighted by Crippen LogP contribution is 2.39. The number of amides is 1. The molecule has 3 aliphatic rings. The largest absolute Gasteiger partial charge is 0.351 e. The zero-order valence-electron chi connectivity index (χ0n) is 14.9. The number of halogens is 2. The van der Waals surface area contributed by atoms with Crippen LogP contribution in [0.4, 0.5) is 0 Å². The van der Waals surface area contributed by atoms with Crippen LogP contribution in [0.3, 0.4) is 0 Å². The Bertz CT molecular complexity index is 374. The van der Waals surface area contributed by atoms with Gasteiger partial charge in [-0.25, -0.2) is 0 Å². The third kappa shape index (κ3) is 5.23. The lowest BCUT2D eigenvalue weighted by atomic mass is 9.67. The van der Waals surface area contributed by atoms with Gasteiger partial charge in [-0.05, 0) is 70.4 Å². The molecule has 1 saturated heterocycles. The minimum atomic E-state index is 0. The number of nitrogens with zero attached hydrogens (tertiary/aromatic N) is 1. The van der Waals surface area contributed by atoms with E-state index >= 15 is 0 Å². The molecule has 1 aliphatic heterocycles. The summed E-state index contributed by atoms with van der Waals surface area (Å²) in [5.74, 6) is 1.48. The van der Waals surface area contributed by atoms with Crippen molar-refractivity contribution in [2.75, 3.05) is 13.1 Å². The Morgan fingerprint density at radius 2 is 1.54 bits per heavy atom. The van der Waals surface area contributed by atoms with Gasteiger partial charge in [0.25, 0.3) is 0 Å². The molecule has 3 rings (SSSR count). The van der Waals surface area contributed by atoms with Gasteiger partial charge in [0, 0.05) is 12.1 Å². The number of nitrogens with one attached hydrogen (secondary N) is 1. The van der Waals surface area contributed by atoms with Crippen LogP contribution in [0.25, 0.3) is 0 Å². The molecule has 3 N–H and O–H groups in total. The van der Waals surface area contributed by atoms with Crippen LogP contribution >= 0.6 is 24.8 Å². The van der Waals surface area contributed by atoms with E-state index in [-0.39, 0.29) is 36.8 Å². The van der Waals surface area contributed by atoms with E-state index in [0.29, 0.717) is 23.9 Å². The number of carbonyl (C=O) groups is 1. The van der Waals surface area contributed by atoms with E-state index < -0.39 is 0 Å². The molecule has 2 aliphatic carbocycles. The molecular formula is C18H35Cl2N3O. The maximum atomic E-state index is 12.8. The smallest absolute Gasteiger partial charge is 0.237 e. The zero-order valence-corrected chi connectivity index (χ0v) is 16.5. The van der Waals surface area contributed by atoms with Crippen LogP contribution in [-0.4, -0.2) is 42.0 Å². The van der Waals surface area contributed by atoms with Gasteiger partial charge < -0.3 is 11.1 Å². The molecule has 0 spiro atoms. The number of hydrogen-bond acceptors (Lipinski definition) is 3. The molecule has 24 heavy (non-hydrogen) atoms. The Hall–Kier alpha value is -0.0300. The third-order valence-corrected chi connectivity index (χ3v) is 6.25. The minimum Gasteiger partial charge on any atom is -0.351 e. The molecular weight excluding hydrogens is 345 g/mol. The number of fused-ring (bicyclic) bond motifs is 2. The molecule has 6 heteroatoms. The van der Waals surface area contributed by atoms with Gasteiger partial charge in [-0.1, -0.05) is 19.3 Å². The van der Waals surface area contributed by atoms with Crippen molar-refractivity contribution in [1.29, 1.82) is 0 Å². The second-order valence-corrected chi connectivity index (χ2v) is 7.84. The number of hydrogen-bond donors (Lipinski definition) is 2. The minimum absolute atomic E-state index is 0. The predicted octanol–water partition coefficient (Wildman–Crippen LogP) is 3.12. The van der Waals surface area contributed by atoms with Crippen LogP contribution < -0.4 is 11.1 Å². The topological polar surface area (TPSA) is 58.4 Å². The van der Waals surface area contributed by atoms with Crippen molar-refractivity contribution in [3.05, 3.63) is 0 Å². The van der Waals surface area contributed by atoms with E-state index in [1.54, 1.807) is 0 Å². The molecule has 0 aromatic rings. The molecule has 0 aromatic carbocycles. The van der Waals surface area contributed by atoms with Gasteiger partial charge in [0.1, 0.15) is 0 Å². The van der Waals surface area contributed by atoms with Crippen LogP contribution in [-0.2, 0) is 4.79 Å². The summed E-state index contributed by atoms with van der Waals surface area (Å²) in [6.07, 6.45) is 11.1. The fourth-order valence-electron chi connectivity index (χ4n) is 4.96. The van der Waals surface area contributed by atoms with Crippen molar-refractivity contribution < 1.29 is 4.79 Å². The highest BCUT2D eigenvalue weighted by atomic mass is 35.5. The lowest BCUT2D eigenvalue weighted by Gasteiger charge is -2.45. The van der Waals surface area contributed by atoms with E-state index in [0.717, 1.165) is 25.9 Å². The summed E-state index contributed by atoms with van der Waals surface area (Å²) in [4.78, 5) is 15.1. The van der Waals surface area contributed by atoms with E-state index in [9.17, 15) is 4.79 Å². The maximum Gasteiger partial charge on any atom is 0.237 e. The van der Waals surface area contributed by atoms with E-state index in [1.807, 2.05) is 0 Å². The second kappa shape index (κ2) is 10.2. The maximum absolute atomic E-state index is 12.8. The summed E-state index contributed by atoms with van der Waals surface area (Å²) in [6.45, 7) is 4.25. The van der Waals surface area contributed by atoms with Gasteiger partial charge in [0.15, 0.2) is 0 Å². The first kappa shape index (κ1) is 22.0. The second-order valence-electron chi connectivity index (χ2n) is 7.84. The van der Waals surface area contributed by atoms with Crippen molar-refractivity contribution >= 4 is 30.7 Å². The van der Waals surface area contributed by atoms with Crippen LogP contribution in [0.5, 0.6) is 0 Å². The van der Waals surface area contributed by atoms with Gasteiger partial charge in [0.05, 0.1) is 6.04 Å². The summed E-state index contributed by atoms with van der Waals surface area (Å²) < 4.78 is 0. The Morgan fingerprint density at radius 1 is 1.00 bits per heavy atom. The summed E-state index contributed by atoms with van der Waals surface area (Å²) in [7, 11) is 0. The highest BCUT2D eigenvalue weighted by Gasteiger charge is 2.40. The van der Waals surface area contributed by atoms with Crippen LogP contribution in [0.1, 0.15) is 64.7 Å². The molecule has 1 heterocycles. The fraction of sp³-hybridized carbons (Fsp3) is 0.944. The molecule has 3 unspecified atom stereocenters. The molecule has 0 aromatic heterocycles. The molecule has 4 nitrogen and oxygen atoms in total. The number of nitrogens with two attached hydrogens (primary N) is 1. The van der Waals surface area contributed by atoms with Crippen LogP contribution in [0.2, 0.25) is 0 Å². The number of carbonyl (C=O) groups excluding carboxylic acids is 1. The quantitative estimate of drug-likeness (QED) is 0.791. The molecule has 2 saturated carbocycles. The van der Waals surface area contributed by atoms with Crippen molar-refractivity contribution in [3.63, 3.8) is 0 Å². The van der Waals surface area contributed by atoms with Crippen molar-refractivity contribution in [1.82, 2.24) is 10.2 Å². The van der Waals surface area contributed by atoms with Gasteiger partial charge in [-0.2, -0.15) is 0 Å². The van der Waals surface area contributed by atoms with Crippen molar-refractivity contribution in [2.24, 2.45) is 17.6 Å². The lowest BCUT2D eigenvalue weighted by Crippen LogP contribution is -2.57. The fourth-order valence-corrected chi connectivity index (χ4v) is 4.96. The predicted molar refractivity (Wildman–Crippen MR) is 104 cm³/mol. The SMILES string of the molecule is CC(C(=O)NC1C2CCCC1CC(N)C2)N1CCCCCC1.Cl.Cl. The van der Waals surface area contributed by atoms with E-state index in [4.69, 9.17) is 5.73 Å². The first-order valence-electron chi connectivity index (χ1n) is 9.45. The average molecular weight is 380 g/mol. The van der Waals surface area contributed by atoms with Gasteiger partial charge >= 0.3 is 0 Å². The summed E-state index contributed by atoms with van der Waals surface area (Å²) in [5.41, 5.74) is 6.19. The Balaban J connectivity index is 0.00000144. The number of likely N-dealkylation sites (tertiary alicyclic amines) is 1. The zero-order chi connectivity index (χ0) is 15.5.